The molecule has 0 radical (unpaired) electrons. The zero-order chi connectivity index (χ0) is 18.1. The summed E-state index contributed by atoms with van der Waals surface area (Å²) in [7, 11) is 1.59. The third kappa shape index (κ3) is 5.95. The maximum Gasteiger partial charge on any atom is 0.306 e. The van der Waals surface area contributed by atoms with Crippen LogP contribution in [0.1, 0.15) is 30.5 Å². The minimum absolute atomic E-state index is 0.244. The maximum atomic E-state index is 12.0. The number of benzene rings is 2. The average Bonchev–Trinajstić information content (AvgIpc) is 2.65. The van der Waals surface area contributed by atoms with Gasteiger partial charge in [-0.05, 0) is 25.0 Å². The van der Waals surface area contributed by atoms with Gasteiger partial charge in [-0.3, -0.25) is 9.59 Å². The molecule has 0 aliphatic heterocycles. The van der Waals surface area contributed by atoms with Gasteiger partial charge in [-0.2, -0.15) is 0 Å². The number of methoxy groups -OCH3 is 1. The molecule has 0 aromatic heterocycles. The molecule has 5 heteroatoms. The second-order valence-corrected chi connectivity index (χ2v) is 5.68. The lowest BCUT2D eigenvalue weighted by molar-refractivity contribution is -0.148. The molecule has 0 fully saturated rings. The normalized spacial score (nSPS) is 11.4. The third-order valence-electron chi connectivity index (χ3n) is 3.81. The molecule has 25 heavy (non-hydrogen) atoms. The number of hydrogen-bond acceptors (Lipinski definition) is 4. The Morgan fingerprint density at radius 3 is 2.44 bits per heavy atom. The average molecular weight is 341 g/mol. The number of hydrogen-bond donors (Lipinski definition) is 1. The van der Waals surface area contributed by atoms with Crippen LogP contribution in [-0.2, 0) is 20.7 Å². The number of nitrogens with one attached hydrogen (secondary N) is 1. The highest BCUT2D eigenvalue weighted by atomic mass is 16.5. The summed E-state index contributed by atoms with van der Waals surface area (Å²) in [5, 5.41) is 2.80. The third-order valence-corrected chi connectivity index (χ3v) is 3.81. The molecule has 2 aromatic rings. The van der Waals surface area contributed by atoms with Crippen molar-refractivity contribution in [1.29, 1.82) is 0 Å². The lowest BCUT2D eigenvalue weighted by atomic mass is 10.1. The van der Waals surface area contributed by atoms with Crippen LogP contribution in [0.25, 0.3) is 0 Å². The lowest BCUT2D eigenvalue weighted by Gasteiger charge is -2.17. The molecule has 1 amide bonds. The van der Waals surface area contributed by atoms with Gasteiger partial charge in [0, 0.05) is 12.0 Å². The Kier molecular flexibility index (Phi) is 7.01. The molecule has 0 saturated heterocycles. The summed E-state index contributed by atoms with van der Waals surface area (Å²) >= 11 is 0. The van der Waals surface area contributed by atoms with Crippen LogP contribution in [0.2, 0.25) is 0 Å². The van der Waals surface area contributed by atoms with Crippen LogP contribution in [0.15, 0.2) is 54.6 Å². The Hall–Kier alpha value is -2.82. The number of rotatable bonds is 8. The van der Waals surface area contributed by atoms with E-state index in [4.69, 9.17) is 9.47 Å². The standard InChI is InChI=1S/C20H23NO4/c1-15(17-10-6-7-11-18(17)24-2)21-19(22)14-25-20(23)13-12-16-8-4-3-5-9-16/h3-11,15H,12-14H2,1-2H3,(H,21,22). The van der Waals surface area contributed by atoms with Gasteiger partial charge >= 0.3 is 5.97 Å². The number of ether oxygens (including phenoxy) is 2. The van der Waals surface area contributed by atoms with Crippen LogP contribution in [-0.4, -0.2) is 25.6 Å². The van der Waals surface area contributed by atoms with E-state index in [1.807, 2.05) is 61.5 Å². The van der Waals surface area contributed by atoms with Crippen LogP contribution in [0.5, 0.6) is 5.75 Å². The van der Waals surface area contributed by atoms with E-state index in [1.165, 1.54) is 0 Å². The van der Waals surface area contributed by atoms with E-state index in [9.17, 15) is 9.59 Å². The molecule has 0 spiro atoms. The van der Waals surface area contributed by atoms with E-state index < -0.39 is 0 Å². The molecular weight excluding hydrogens is 318 g/mol. The van der Waals surface area contributed by atoms with Crippen molar-refractivity contribution in [3.05, 3.63) is 65.7 Å². The van der Waals surface area contributed by atoms with Gasteiger partial charge in [-0.25, -0.2) is 0 Å². The zero-order valence-electron chi connectivity index (χ0n) is 14.5. The first-order chi connectivity index (χ1) is 12.1. The lowest BCUT2D eigenvalue weighted by Crippen LogP contribution is -2.31. The number of carbonyl (C=O) groups excluding carboxylic acids is 2. The molecule has 0 saturated carbocycles. The molecule has 0 aliphatic carbocycles. The van der Waals surface area contributed by atoms with Gasteiger partial charge in [0.1, 0.15) is 5.75 Å². The largest absolute Gasteiger partial charge is 0.496 e. The van der Waals surface area contributed by atoms with E-state index in [2.05, 4.69) is 5.32 Å². The fourth-order valence-electron chi connectivity index (χ4n) is 2.49. The summed E-state index contributed by atoms with van der Waals surface area (Å²) in [6.45, 7) is 1.57. The molecule has 1 atom stereocenters. The van der Waals surface area contributed by atoms with Gasteiger partial charge in [0.15, 0.2) is 6.61 Å². The van der Waals surface area contributed by atoms with Crippen molar-refractivity contribution >= 4 is 11.9 Å². The van der Waals surface area contributed by atoms with E-state index in [1.54, 1.807) is 7.11 Å². The summed E-state index contributed by atoms with van der Waals surface area (Å²) in [4.78, 5) is 23.7. The van der Waals surface area contributed by atoms with Crippen LogP contribution in [0, 0.1) is 0 Å². The zero-order valence-corrected chi connectivity index (χ0v) is 14.5. The predicted molar refractivity (Wildman–Crippen MR) is 95.3 cm³/mol. The predicted octanol–water partition coefficient (Wildman–Crippen LogP) is 3.05. The number of amides is 1. The molecule has 2 aromatic carbocycles. The highest BCUT2D eigenvalue weighted by Crippen LogP contribution is 2.24. The van der Waals surface area contributed by atoms with E-state index in [-0.39, 0.29) is 30.9 Å². The minimum atomic E-state index is -0.385. The monoisotopic (exact) mass is 341 g/mol. The van der Waals surface area contributed by atoms with Gasteiger partial charge in [0.05, 0.1) is 13.2 Å². The van der Waals surface area contributed by atoms with E-state index >= 15 is 0 Å². The van der Waals surface area contributed by atoms with Crippen molar-refractivity contribution in [2.24, 2.45) is 0 Å². The second-order valence-electron chi connectivity index (χ2n) is 5.68. The number of carbonyl (C=O) groups is 2. The van der Waals surface area contributed by atoms with Crippen molar-refractivity contribution in [2.75, 3.05) is 13.7 Å². The Labute approximate surface area is 148 Å². The van der Waals surface area contributed by atoms with Crippen molar-refractivity contribution in [2.45, 2.75) is 25.8 Å². The summed E-state index contributed by atoms with van der Waals surface area (Å²) < 4.78 is 10.3. The van der Waals surface area contributed by atoms with Crippen LogP contribution < -0.4 is 10.1 Å². The molecule has 1 N–H and O–H groups in total. The first kappa shape index (κ1) is 18.5. The summed E-state index contributed by atoms with van der Waals surface area (Å²) in [6, 6.07) is 16.9. The molecule has 0 bridgehead atoms. The molecule has 0 heterocycles. The van der Waals surface area contributed by atoms with Crippen molar-refractivity contribution in [3.8, 4) is 5.75 Å². The van der Waals surface area contributed by atoms with Crippen molar-refractivity contribution < 1.29 is 19.1 Å². The molecular formula is C20H23NO4. The number of aryl methyl sites for hydroxylation is 1. The van der Waals surface area contributed by atoms with Gasteiger partial charge in [-0.15, -0.1) is 0 Å². The van der Waals surface area contributed by atoms with Gasteiger partial charge in [0.25, 0.3) is 5.91 Å². The van der Waals surface area contributed by atoms with Gasteiger partial charge in [-0.1, -0.05) is 48.5 Å². The summed E-state index contributed by atoms with van der Waals surface area (Å²) in [5.74, 6) is -0.0226. The van der Waals surface area contributed by atoms with Crippen LogP contribution in [0.4, 0.5) is 0 Å². The molecule has 0 aliphatic rings. The van der Waals surface area contributed by atoms with Crippen LogP contribution in [0.3, 0.4) is 0 Å². The maximum absolute atomic E-state index is 12.0. The Bertz CT molecular complexity index is 700. The summed E-state index contributed by atoms with van der Waals surface area (Å²) in [6.07, 6.45) is 0.846. The summed E-state index contributed by atoms with van der Waals surface area (Å²) in [5.41, 5.74) is 1.93. The van der Waals surface area contributed by atoms with Crippen molar-refractivity contribution in [3.63, 3.8) is 0 Å². The topological polar surface area (TPSA) is 64.6 Å². The fraction of sp³-hybridized carbons (Fsp3) is 0.300. The Balaban J connectivity index is 1.75. The molecule has 5 nitrogen and oxygen atoms in total. The highest BCUT2D eigenvalue weighted by Gasteiger charge is 2.14. The van der Waals surface area contributed by atoms with E-state index in [0.717, 1.165) is 11.1 Å². The van der Waals surface area contributed by atoms with Crippen molar-refractivity contribution in [1.82, 2.24) is 5.32 Å². The van der Waals surface area contributed by atoms with E-state index in [0.29, 0.717) is 12.2 Å². The Morgan fingerprint density at radius 2 is 1.72 bits per heavy atom. The second kappa shape index (κ2) is 9.47. The minimum Gasteiger partial charge on any atom is -0.496 e. The van der Waals surface area contributed by atoms with Crippen LogP contribution >= 0.6 is 0 Å². The van der Waals surface area contributed by atoms with Gasteiger partial charge < -0.3 is 14.8 Å². The molecule has 1 unspecified atom stereocenters. The Morgan fingerprint density at radius 1 is 1.04 bits per heavy atom. The first-order valence-electron chi connectivity index (χ1n) is 8.22. The number of esters is 1. The number of para-hydroxylation sites is 1. The van der Waals surface area contributed by atoms with Gasteiger partial charge in [0.2, 0.25) is 0 Å². The quantitative estimate of drug-likeness (QED) is 0.750. The smallest absolute Gasteiger partial charge is 0.306 e. The highest BCUT2D eigenvalue weighted by molar-refractivity contribution is 5.81. The molecule has 132 valence electrons. The first-order valence-corrected chi connectivity index (χ1v) is 8.22. The fourth-order valence-corrected chi connectivity index (χ4v) is 2.49. The molecule has 2 rings (SSSR count). The SMILES string of the molecule is COc1ccccc1C(C)NC(=O)COC(=O)CCc1ccccc1.